The Morgan fingerprint density at radius 3 is 2.15 bits per heavy atom. The molecule has 3 nitrogen and oxygen atoms in total. The molecule has 2 aromatic carbocycles. The molecule has 3 aromatic heterocycles. The van der Waals surface area contributed by atoms with Crippen LogP contribution in [0.1, 0.15) is 0 Å². The highest BCUT2D eigenvalue weighted by atomic mass is 28.3. The van der Waals surface area contributed by atoms with E-state index in [9.17, 15) is 0 Å². The molecule has 5 aromatic rings. The van der Waals surface area contributed by atoms with Crippen molar-refractivity contribution in [1.82, 2.24) is 14.5 Å². The minimum Gasteiger partial charge on any atom is -0.277 e. The maximum absolute atomic E-state index is 4.97. The number of benzene rings is 2. The largest absolute Gasteiger partial charge is 0.277 e. The second-order valence-electron chi connectivity index (χ2n) is 8.02. The minimum atomic E-state index is -1.50. The zero-order chi connectivity index (χ0) is 18.6. The van der Waals surface area contributed by atoms with Crippen molar-refractivity contribution in [2.75, 3.05) is 0 Å². The van der Waals surface area contributed by atoms with Crippen LogP contribution in [0, 0.1) is 0 Å². The number of hydrogen-bond acceptors (Lipinski definition) is 2. The Kier molecular flexibility index (Phi) is 3.46. The van der Waals surface area contributed by atoms with Gasteiger partial charge in [0.1, 0.15) is 11.5 Å². The van der Waals surface area contributed by atoms with E-state index in [1.807, 2.05) is 12.3 Å². The number of rotatable bonds is 2. The fraction of sp³-hybridized carbons (Fsp3) is 0.130. The van der Waals surface area contributed by atoms with E-state index in [1.165, 1.54) is 21.3 Å². The predicted molar refractivity (Wildman–Crippen MR) is 117 cm³/mol. The first kappa shape index (κ1) is 16.2. The number of fused-ring (bicyclic) bond motifs is 4. The van der Waals surface area contributed by atoms with Gasteiger partial charge in [-0.2, -0.15) is 0 Å². The second kappa shape index (κ2) is 5.76. The Balaban J connectivity index is 1.96. The SMILES string of the molecule is C[Si](C)(C)c1cnc(-n2c3ccccc3c3cccnc32)c2ccccc12. The summed E-state index contributed by atoms with van der Waals surface area (Å²) in [4.78, 5) is 9.68. The van der Waals surface area contributed by atoms with Crippen LogP contribution in [0.3, 0.4) is 0 Å². The lowest BCUT2D eigenvalue weighted by Gasteiger charge is -2.20. The summed E-state index contributed by atoms with van der Waals surface area (Å²) < 4.78 is 2.21. The summed E-state index contributed by atoms with van der Waals surface area (Å²) in [6.45, 7) is 7.12. The average Bonchev–Trinajstić information content (AvgIpc) is 3.01. The van der Waals surface area contributed by atoms with Gasteiger partial charge >= 0.3 is 0 Å². The molecule has 0 unspecified atom stereocenters. The third-order valence-electron chi connectivity index (χ3n) is 5.23. The average molecular weight is 368 g/mol. The Bertz CT molecular complexity index is 1260. The van der Waals surface area contributed by atoms with Gasteiger partial charge in [-0.1, -0.05) is 62.1 Å². The van der Waals surface area contributed by atoms with E-state index in [1.54, 1.807) is 0 Å². The minimum absolute atomic E-state index is 0.956. The molecule has 0 spiro atoms. The van der Waals surface area contributed by atoms with Crippen molar-refractivity contribution < 1.29 is 0 Å². The Hall–Kier alpha value is -2.98. The zero-order valence-corrected chi connectivity index (χ0v) is 16.8. The van der Waals surface area contributed by atoms with Crippen molar-refractivity contribution in [3.8, 4) is 5.82 Å². The molecule has 0 saturated carbocycles. The van der Waals surface area contributed by atoms with Crippen LogP contribution in [0.25, 0.3) is 38.5 Å². The predicted octanol–water partition coefficient (Wildman–Crippen LogP) is 5.27. The molecule has 0 amide bonds. The number of para-hydroxylation sites is 1. The van der Waals surface area contributed by atoms with Gasteiger partial charge in [0.05, 0.1) is 13.6 Å². The normalized spacial score (nSPS) is 12.3. The fourth-order valence-electron chi connectivity index (χ4n) is 3.96. The molecule has 27 heavy (non-hydrogen) atoms. The van der Waals surface area contributed by atoms with Gasteiger partial charge in [-0.3, -0.25) is 4.57 Å². The molecule has 132 valence electrons. The molecule has 0 aliphatic heterocycles. The van der Waals surface area contributed by atoms with Gasteiger partial charge in [0.15, 0.2) is 0 Å². The van der Waals surface area contributed by atoms with Crippen molar-refractivity contribution in [3.05, 3.63) is 73.1 Å². The molecule has 0 saturated heterocycles. The van der Waals surface area contributed by atoms with Gasteiger partial charge in [-0.25, -0.2) is 9.97 Å². The number of nitrogens with zero attached hydrogens (tertiary/aromatic N) is 3. The van der Waals surface area contributed by atoms with E-state index >= 15 is 0 Å². The molecule has 5 rings (SSSR count). The Labute approximate surface area is 159 Å². The molecule has 0 aliphatic carbocycles. The van der Waals surface area contributed by atoms with E-state index in [-0.39, 0.29) is 0 Å². The Morgan fingerprint density at radius 1 is 0.704 bits per heavy atom. The number of hydrogen-bond donors (Lipinski definition) is 0. The highest BCUT2D eigenvalue weighted by Gasteiger charge is 2.22. The molecule has 4 heteroatoms. The topological polar surface area (TPSA) is 30.7 Å². The lowest BCUT2D eigenvalue weighted by molar-refractivity contribution is 1.08. The van der Waals surface area contributed by atoms with Gasteiger partial charge in [0, 0.05) is 28.6 Å². The monoisotopic (exact) mass is 367 g/mol. The summed E-state index contributed by atoms with van der Waals surface area (Å²) in [7, 11) is -1.50. The van der Waals surface area contributed by atoms with Crippen molar-refractivity contribution in [2.24, 2.45) is 0 Å². The summed E-state index contributed by atoms with van der Waals surface area (Å²) in [5.41, 5.74) is 2.10. The first-order valence-corrected chi connectivity index (χ1v) is 12.8. The summed E-state index contributed by atoms with van der Waals surface area (Å²) in [5, 5.41) is 6.26. The van der Waals surface area contributed by atoms with Crippen LogP contribution in [0.5, 0.6) is 0 Å². The Morgan fingerprint density at radius 2 is 1.37 bits per heavy atom. The van der Waals surface area contributed by atoms with E-state index in [2.05, 4.69) is 85.0 Å². The molecule has 0 N–H and O–H groups in total. The van der Waals surface area contributed by atoms with Crippen molar-refractivity contribution >= 4 is 46.0 Å². The van der Waals surface area contributed by atoms with Crippen LogP contribution in [0.2, 0.25) is 19.6 Å². The van der Waals surface area contributed by atoms with Crippen LogP contribution in [0.15, 0.2) is 73.1 Å². The molecule has 0 radical (unpaired) electrons. The molecule has 0 atom stereocenters. The maximum atomic E-state index is 4.97. The summed E-state index contributed by atoms with van der Waals surface area (Å²) >= 11 is 0. The van der Waals surface area contributed by atoms with Crippen LogP contribution < -0.4 is 5.19 Å². The van der Waals surface area contributed by atoms with Crippen LogP contribution in [-0.4, -0.2) is 22.6 Å². The van der Waals surface area contributed by atoms with Gasteiger partial charge in [0.2, 0.25) is 0 Å². The van der Waals surface area contributed by atoms with Gasteiger partial charge < -0.3 is 0 Å². The molecule has 0 fully saturated rings. The third-order valence-corrected chi connectivity index (χ3v) is 7.24. The third kappa shape index (κ3) is 2.41. The van der Waals surface area contributed by atoms with Crippen LogP contribution >= 0.6 is 0 Å². The fourth-order valence-corrected chi connectivity index (χ4v) is 5.44. The quantitative estimate of drug-likeness (QED) is 0.398. The van der Waals surface area contributed by atoms with Crippen molar-refractivity contribution in [2.45, 2.75) is 19.6 Å². The molecule has 3 heterocycles. The van der Waals surface area contributed by atoms with E-state index in [4.69, 9.17) is 9.97 Å². The molecular weight excluding hydrogens is 346 g/mol. The van der Waals surface area contributed by atoms with Crippen LogP contribution in [-0.2, 0) is 0 Å². The summed E-state index contributed by atoms with van der Waals surface area (Å²) in [6, 6.07) is 21.3. The smallest absolute Gasteiger partial charge is 0.146 e. The van der Waals surface area contributed by atoms with E-state index in [0.717, 1.165) is 22.4 Å². The first-order chi connectivity index (χ1) is 13.1. The van der Waals surface area contributed by atoms with Crippen LogP contribution in [0.4, 0.5) is 0 Å². The van der Waals surface area contributed by atoms with E-state index < -0.39 is 8.07 Å². The zero-order valence-electron chi connectivity index (χ0n) is 15.8. The van der Waals surface area contributed by atoms with Gasteiger partial charge in [-0.15, -0.1) is 0 Å². The number of pyridine rings is 2. The number of aromatic nitrogens is 3. The highest BCUT2D eigenvalue weighted by Crippen LogP contribution is 2.32. The van der Waals surface area contributed by atoms with Gasteiger partial charge in [0.25, 0.3) is 0 Å². The van der Waals surface area contributed by atoms with Crippen molar-refractivity contribution in [3.63, 3.8) is 0 Å². The maximum Gasteiger partial charge on any atom is 0.146 e. The highest BCUT2D eigenvalue weighted by molar-refractivity contribution is 6.90. The molecular formula is C23H21N3Si. The van der Waals surface area contributed by atoms with E-state index in [0.29, 0.717) is 0 Å². The lowest BCUT2D eigenvalue weighted by Crippen LogP contribution is -2.38. The summed E-state index contributed by atoms with van der Waals surface area (Å²) in [5.74, 6) is 0.956. The second-order valence-corrected chi connectivity index (χ2v) is 13.1. The van der Waals surface area contributed by atoms with Crippen molar-refractivity contribution in [1.29, 1.82) is 0 Å². The molecule has 0 bridgehead atoms. The van der Waals surface area contributed by atoms with Gasteiger partial charge in [-0.05, 0) is 28.8 Å². The molecule has 0 aliphatic rings. The summed E-state index contributed by atoms with van der Waals surface area (Å²) in [6.07, 6.45) is 3.95. The lowest BCUT2D eigenvalue weighted by atomic mass is 10.1. The standard InChI is InChI=1S/C23H21N3Si/c1-27(2,3)21-15-25-23(19-11-5-4-10-17(19)21)26-20-13-7-6-9-16(20)18-12-8-14-24-22(18)26/h4-15H,1-3H3. The first-order valence-electron chi connectivity index (χ1n) is 9.28.